The van der Waals surface area contributed by atoms with Crippen LogP contribution in [0.2, 0.25) is 0 Å². The zero-order valence-electron chi connectivity index (χ0n) is 22.4. The molecule has 4 aromatic rings. The zero-order chi connectivity index (χ0) is 29.4. The highest BCUT2D eigenvalue weighted by atomic mass is 32.1. The first-order chi connectivity index (χ1) is 19.6. The summed E-state index contributed by atoms with van der Waals surface area (Å²) in [6.07, 6.45) is 1.15. The van der Waals surface area contributed by atoms with Crippen molar-refractivity contribution < 1.29 is 28.0 Å². The summed E-state index contributed by atoms with van der Waals surface area (Å²) >= 11 is 1.13. The molecule has 2 aromatic carbocycles. The van der Waals surface area contributed by atoms with Gasteiger partial charge in [-0.05, 0) is 62.7 Å². The van der Waals surface area contributed by atoms with Gasteiger partial charge < -0.3 is 13.9 Å². The Balaban J connectivity index is 1.61. The molecule has 12 heteroatoms. The van der Waals surface area contributed by atoms with Crippen molar-refractivity contribution in [2.24, 2.45) is 4.99 Å². The number of halogens is 1. The summed E-state index contributed by atoms with van der Waals surface area (Å²) in [5.41, 5.74) is 0.592. The zero-order valence-corrected chi connectivity index (χ0v) is 23.2. The van der Waals surface area contributed by atoms with E-state index < -0.39 is 34.0 Å². The number of rotatable bonds is 7. The van der Waals surface area contributed by atoms with Gasteiger partial charge in [0.15, 0.2) is 4.80 Å². The van der Waals surface area contributed by atoms with E-state index >= 15 is 0 Å². The minimum absolute atomic E-state index is 0.251. The molecule has 0 N–H and O–H groups in total. The second-order valence-corrected chi connectivity index (χ2v) is 10.4. The van der Waals surface area contributed by atoms with Gasteiger partial charge in [0.25, 0.3) is 5.56 Å². The molecule has 0 radical (unpaired) electrons. The van der Waals surface area contributed by atoms with E-state index in [-0.39, 0.29) is 17.4 Å². The quantitative estimate of drug-likeness (QED) is 0.180. The molecule has 210 valence electrons. The molecule has 2 aromatic heterocycles. The first kappa shape index (κ1) is 27.7. The Labute approximate surface area is 236 Å². The van der Waals surface area contributed by atoms with Crippen LogP contribution in [0.15, 0.2) is 80.1 Å². The van der Waals surface area contributed by atoms with Gasteiger partial charge >= 0.3 is 11.7 Å². The SMILES string of the molecule is COc1ccc([C@H]2C(C(=O)OC(C)C)=C(C)N=c3s/c(=C\c4ccc(-c5ccc(F)c([N+](=O)[O-])c5)o4)c(=O)n32)cc1. The summed E-state index contributed by atoms with van der Waals surface area (Å²) < 4.78 is 32.1. The van der Waals surface area contributed by atoms with Crippen LogP contribution in [0.1, 0.15) is 38.1 Å². The molecule has 0 fully saturated rings. The van der Waals surface area contributed by atoms with Gasteiger partial charge in [0.05, 0.1) is 40.0 Å². The number of hydrogen-bond acceptors (Lipinski definition) is 9. The van der Waals surface area contributed by atoms with Crippen molar-refractivity contribution in [3.8, 4) is 17.1 Å². The van der Waals surface area contributed by atoms with E-state index in [2.05, 4.69) is 4.99 Å². The number of thiazole rings is 1. The Bertz CT molecular complexity index is 1880. The highest BCUT2D eigenvalue weighted by molar-refractivity contribution is 7.07. The number of furan rings is 1. The Morgan fingerprint density at radius 3 is 2.59 bits per heavy atom. The number of nitro benzene ring substituents is 1. The number of hydrogen-bond donors (Lipinski definition) is 0. The lowest BCUT2D eigenvalue weighted by Crippen LogP contribution is -2.40. The molecular weight excluding hydrogens is 553 g/mol. The van der Waals surface area contributed by atoms with E-state index in [4.69, 9.17) is 13.9 Å². The molecule has 41 heavy (non-hydrogen) atoms. The summed E-state index contributed by atoms with van der Waals surface area (Å²) in [7, 11) is 1.55. The minimum atomic E-state index is -0.954. The standard InChI is InChI=1S/C29H24FN3O7S/c1-15(2)39-28(35)25-16(3)31-29-32(26(25)17-5-8-19(38-4)9-6-17)27(34)24(41-29)14-20-10-12-23(40-20)18-7-11-21(30)22(13-18)33(36)37/h5-15,26H,1-4H3/b24-14-/t26-/m0/s1. The summed E-state index contributed by atoms with van der Waals surface area (Å²) in [6.45, 7) is 5.19. The number of allylic oxidation sites excluding steroid dienone is 1. The fourth-order valence-corrected chi connectivity index (χ4v) is 5.51. The van der Waals surface area contributed by atoms with Crippen LogP contribution in [0.4, 0.5) is 10.1 Å². The van der Waals surface area contributed by atoms with Gasteiger partial charge in [-0.1, -0.05) is 23.5 Å². The van der Waals surface area contributed by atoms with Gasteiger partial charge in [-0.15, -0.1) is 0 Å². The van der Waals surface area contributed by atoms with Crippen molar-refractivity contribution in [3.63, 3.8) is 0 Å². The lowest BCUT2D eigenvalue weighted by molar-refractivity contribution is -0.387. The van der Waals surface area contributed by atoms with Crippen LogP contribution in [0.3, 0.4) is 0 Å². The average Bonchev–Trinajstić information content (AvgIpc) is 3.52. The van der Waals surface area contributed by atoms with Crippen molar-refractivity contribution in [2.75, 3.05) is 7.11 Å². The van der Waals surface area contributed by atoms with E-state index in [0.717, 1.165) is 23.5 Å². The maximum atomic E-state index is 13.8. The first-order valence-corrected chi connectivity index (χ1v) is 13.3. The third-order valence-electron chi connectivity index (χ3n) is 6.34. The van der Waals surface area contributed by atoms with Crippen LogP contribution >= 0.6 is 11.3 Å². The lowest BCUT2D eigenvalue weighted by Gasteiger charge is -2.25. The first-order valence-electron chi connectivity index (χ1n) is 12.5. The molecule has 0 saturated carbocycles. The Morgan fingerprint density at radius 1 is 1.20 bits per heavy atom. The number of ether oxygens (including phenoxy) is 2. The summed E-state index contributed by atoms with van der Waals surface area (Å²) in [6, 6.07) is 12.9. The maximum Gasteiger partial charge on any atom is 0.338 e. The summed E-state index contributed by atoms with van der Waals surface area (Å²) in [4.78, 5) is 42.3. The fraction of sp³-hybridized carbons (Fsp3) is 0.207. The number of carbonyl (C=O) groups excluding carboxylic acids is 1. The van der Waals surface area contributed by atoms with Gasteiger partial charge in [0.1, 0.15) is 17.3 Å². The van der Waals surface area contributed by atoms with Crippen molar-refractivity contribution >= 4 is 29.1 Å². The summed E-state index contributed by atoms with van der Waals surface area (Å²) in [5.74, 6) is -0.343. The minimum Gasteiger partial charge on any atom is -0.497 e. The molecule has 0 unspecified atom stereocenters. The smallest absolute Gasteiger partial charge is 0.338 e. The number of nitro groups is 1. The van der Waals surface area contributed by atoms with E-state index in [9.17, 15) is 24.1 Å². The van der Waals surface area contributed by atoms with E-state index in [1.807, 2.05) is 0 Å². The van der Waals surface area contributed by atoms with Gasteiger partial charge in [-0.3, -0.25) is 19.5 Å². The normalized spacial score (nSPS) is 15.1. The van der Waals surface area contributed by atoms with Crippen LogP contribution < -0.4 is 19.6 Å². The molecular formula is C29H24FN3O7S. The molecule has 0 saturated heterocycles. The van der Waals surface area contributed by atoms with Gasteiger partial charge in [0.2, 0.25) is 5.82 Å². The van der Waals surface area contributed by atoms with E-state index in [1.54, 1.807) is 64.3 Å². The molecule has 10 nitrogen and oxygen atoms in total. The van der Waals surface area contributed by atoms with E-state index in [0.29, 0.717) is 37.7 Å². The number of methoxy groups -OCH3 is 1. The monoisotopic (exact) mass is 577 g/mol. The second kappa shape index (κ2) is 11.0. The molecule has 5 rings (SSSR count). The lowest BCUT2D eigenvalue weighted by atomic mass is 9.96. The molecule has 1 atom stereocenters. The van der Waals surface area contributed by atoms with Gasteiger partial charge in [-0.2, -0.15) is 4.39 Å². The van der Waals surface area contributed by atoms with E-state index in [1.165, 1.54) is 16.7 Å². The molecule has 0 spiro atoms. The third kappa shape index (κ3) is 5.33. The number of esters is 1. The molecule has 3 heterocycles. The van der Waals surface area contributed by atoms with Gasteiger partial charge in [0, 0.05) is 17.7 Å². The van der Waals surface area contributed by atoms with Crippen molar-refractivity contribution in [1.82, 2.24) is 4.57 Å². The van der Waals surface area contributed by atoms with Crippen LogP contribution in [0, 0.1) is 15.9 Å². The Morgan fingerprint density at radius 2 is 1.93 bits per heavy atom. The van der Waals surface area contributed by atoms with Crippen molar-refractivity contribution in [3.05, 3.63) is 113 Å². The molecule has 0 aliphatic carbocycles. The van der Waals surface area contributed by atoms with Crippen molar-refractivity contribution in [2.45, 2.75) is 32.9 Å². The van der Waals surface area contributed by atoms with Gasteiger partial charge in [-0.25, -0.2) is 9.79 Å². The number of aromatic nitrogens is 1. The number of nitrogens with zero attached hydrogens (tertiary/aromatic N) is 3. The van der Waals surface area contributed by atoms with Crippen LogP contribution in [0.25, 0.3) is 17.4 Å². The predicted octanol–water partition coefficient (Wildman–Crippen LogP) is 4.50. The average molecular weight is 578 g/mol. The largest absolute Gasteiger partial charge is 0.497 e. The van der Waals surface area contributed by atoms with Crippen LogP contribution in [-0.2, 0) is 9.53 Å². The second-order valence-electron chi connectivity index (χ2n) is 9.43. The van der Waals surface area contributed by atoms with Crippen molar-refractivity contribution in [1.29, 1.82) is 0 Å². The number of carbonyl (C=O) groups is 1. The highest BCUT2D eigenvalue weighted by Crippen LogP contribution is 2.32. The predicted molar refractivity (Wildman–Crippen MR) is 149 cm³/mol. The molecule has 1 aliphatic rings. The Kier molecular flexibility index (Phi) is 7.41. The van der Waals surface area contributed by atoms with Crippen LogP contribution in [-0.4, -0.2) is 28.7 Å². The fourth-order valence-electron chi connectivity index (χ4n) is 4.48. The maximum absolute atomic E-state index is 13.8. The highest BCUT2D eigenvalue weighted by Gasteiger charge is 2.34. The Hall–Kier alpha value is -4.84. The molecule has 0 bridgehead atoms. The third-order valence-corrected chi connectivity index (χ3v) is 7.33. The van der Waals surface area contributed by atoms with Crippen LogP contribution in [0.5, 0.6) is 5.75 Å². The topological polar surface area (TPSA) is 126 Å². The summed E-state index contributed by atoms with van der Waals surface area (Å²) in [5, 5.41) is 11.1. The number of fused-ring (bicyclic) bond motifs is 1. The number of benzene rings is 2. The molecule has 0 amide bonds. The molecule has 1 aliphatic heterocycles.